The van der Waals surface area contributed by atoms with Crippen LogP contribution in [0.25, 0.3) is 0 Å². The van der Waals surface area contributed by atoms with E-state index in [-0.39, 0.29) is 43.3 Å². The van der Waals surface area contributed by atoms with Gasteiger partial charge in [0.1, 0.15) is 0 Å². The summed E-state index contributed by atoms with van der Waals surface area (Å²) in [4.78, 5) is 0. The molecule has 0 atom stereocenters. The van der Waals surface area contributed by atoms with Crippen LogP contribution in [0.2, 0.25) is 0 Å². The molecule has 20 heavy (non-hydrogen) atoms. The van der Waals surface area contributed by atoms with Crippen LogP contribution in [-0.4, -0.2) is 0 Å². The summed E-state index contributed by atoms with van der Waals surface area (Å²) >= 11 is 0. The minimum Gasteiger partial charge on any atom is -0.358 e. The SMILES string of the molecule is C.Cc1ccccc1C.Cc1ccccc1C.[CH3-].[CH3-].[W+2]. The minimum atomic E-state index is 0. The van der Waals surface area contributed by atoms with E-state index in [1.165, 1.54) is 22.3 Å². The van der Waals surface area contributed by atoms with E-state index in [1.54, 1.807) is 0 Å². The predicted octanol–water partition coefficient (Wildman–Crippen LogP) is 6.14. The van der Waals surface area contributed by atoms with E-state index in [0.29, 0.717) is 0 Å². The number of hydrogen-bond donors (Lipinski definition) is 0. The smallest absolute Gasteiger partial charge is 0.358 e. The zero-order valence-electron chi connectivity index (χ0n) is 13.0. The molecule has 0 N–H and O–H groups in total. The molecule has 0 saturated heterocycles. The monoisotopic (exact) mass is 442 g/mol. The van der Waals surface area contributed by atoms with E-state index >= 15 is 0 Å². The Bertz CT molecular complexity index is 362. The molecule has 2 aromatic carbocycles. The van der Waals surface area contributed by atoms with E-state index in [2.05, 4.69) is 76.2 Å². The van der Waals surface area contributed by atoms with Crippen molar-refractivity contribution in [2.45, 2.75) is 35.1 Å². The molecule has 0 aromatic heterocycles. The van der Waals surface area contributed by atoms with Crippen molar-refractivity contribution < 1.29 is 21.1 Å². The maximum atomic E-state index is 2.12. The van der Waals surface area contributed by atoms with Crippen LogP contribution in [-0.2, 0) is 21.1 Å². The second-order valence-electron chi connectivity index (χ2n) is 4.17. The fourth-order valence-corrected chi connectivity index (χ4v) is 1.33. The van der Waals surface area contributed by atoms with Crippen LogP contribution in [0.1, 0.15) is 29.7 Å². The predicted molar refractivity (Wildman–Crippen MR) is 91.4 cm³/mol. The molecular weight excluding hydrogens is 412 g/mol. The van der Waals surface area contributed by atoms with Gasteiger partial charge in [0.25, 0.3) is 0 Å². The van der Waals surface area contributed by atoms with Crippen LogP contribution in [0.5, 0.6) is 0 Å². The molecule has 0 aliphatic heterocycles. The van der Waals surface area contributed by atoms with Gasteiger partial charge < -0.3 is 14.9 Å². The van der Waals surface area contributed by atoms with Gasteiger partial charge in [-0.15, -0.1) is 0 Å². The summed E-state index contributed by atoms with van der Waals surface area (Å²) in [6.07, 6.45) is 0. The van der Waals surface area contributed by atoms with Gasteiger partial charge in [0, 0.05) is 0 Å². The Morgan fingerprint density at radius 2 is 0.650 bits per heavy atom. The third kappa shape index (κ3) is 9.98. The van der Waals surface area contributed by atoms with Crippen LogP contribution in [0, 0.1) is 42.5 Å². The molecule has 112 valence electrons. The molecule has 0 saturated carbocycles. The number of rotatable bonds is 0. The van der Waals surface area contributed by atoms with Crippen molar-refractivity contribution in [3.63, 3.8) is 0 Å². The van der Waals surface area contributed by atoms with Gasteiger partial charge in [-0.2, -0.15) is 0 Å². The van der Waals surface area contributed by atoms with Crippen molar-refractivity contribution in [3.05, 3.63) is 85.6 Å². The molecule has 0 fully saturated rings. The fourth-order valence-electron chi connectivity index (χ4n) is 1.33. The van der Waals surface area contributed by atoms with Gasteiger partial charge in [0.05, 0.1) is 0 Å². The van der Waals surface area contributed by atoms with Gasteiger partial charge in [-0.3, -0.25) is 0 Å². The molecule has 2 rings (SSSR count). The first kappa shape index (κ1) is 27.5. The number of hydrogen-bond acceptors (Lipinski definition) is 0. The van der Waals surface area contributed by atoms with E-state index in [1.807, 2.05) is 0 Å². The summed E-state index contributed by atoms with van der Waals surface area (Å²) in [6.45, 7) is 8.48. The first-order valence-electron chi connectivity index (χ1n) is 5.65. The zero-order chi connectivity index (χ0) is 12.0. The first-order valence-corrected chi connectivity index (χ1v) is 5.65. The maximum Gasteiger partial charge on any atom is 2.00 e. The van der Waals surface area contributed by atoms with Gasteiger partial charge in [-0.05, 0) is 49.9 Å². The largest absolute Gasteiger partial charge is 2.00 e. The fraction of sp³-hybridized carbons (Fsp3) is 0.263. The summed E-state index contributed by atoms with van der Waals surface area (Å²) in [7, 11) is 0. The standard InChI is InChI=1S/2C8H10.CH4.2CH3.W/c2*1-7-5-3-4-6-8(7)2;;;;/h2*3-6H,1-2H3;1H4;2*1H3;/q;;;2*-1;+2. The molecule has 0 heterocycles. The zero-order valence-corrected chi connectivity index (χ0v) is 16.0. The molecule has 0 aliphatic carbocycles. The molecule has 0 bridgehead atoms. The third-order valence-corrected chi connectivity index (χ3v) is 2.85. The molecule has 0 aliphatic rings. The van der Waals surface area contributed by atoms with Crippen LogP contribution in [0.3, 0.4) is 0 Å². The van der Waals surface area contributed by atoms with Crippen molar-refractivity contribution in [1.82, 2.24) is 0 Å². The van der Waals surface area contributed by atoms with Crippen molar-refractivity contribution in [1.29, 1.82) is 0 Å². The molecule has 0 nitrogen and oxygen atoms in total. The van der Waals surface area contributed by atoms with Crippen LogP contribution < -0.4 is 0 Å². The van der Waals surface area contributed by atoms with E-state index in [9.17, 15) is 0 Å². The van der Waals surface area contributed by atoms with Crippen molar-refractivity contribution in [2.24, 2.45) is 0 Å². The Morgan fingerprint density at radius 1 is 0.500 bits per heavy atom. The molecule has 0 spiro atoms. The Hall–Kier alpha value is -0.872. The van der Waals surface area contributed by atoms with Gasteiger partial charge in [-0.25, -0.2) is 0 Å². The quantitative estimate of drug-likeness (QED) is 0.430. The van der Waals surface area contributed by atoms with Crippen molar-refractivity contribution >= 4 is 0 Å². The van der Waals surface area contributed by atoms with Gasteiger partial charge in [0.2, 0.25) is 0 Å². The molecular formula is C19H30W. The van der Waals surface area contributed by atoms with Crippen LogP contribution in [0.15, 0.2) is 48.5 Å². The molecule has 0 radical (unpaired) electrons. The normalized spacial score (nSPS) is 7.40. The van der Waals surface area contributed by atoms with Gasteiger partial charge in [0.15, 0.2) is 0 Å². The summed E-state index contributed by atoms with van der Waals surface area (Å²) < 4.78 is 0. The molecule has 0 unspecified atom stereocenters. The average molecular weight is 442 g/mol. The average Bonchev–Trinajstić information content (AvgIpc) is 2.28. The Morgan fingerprint density at radius 3 is 0.750 bits per heavy atom. The summed E-state index contributed by atoms with van der Waals surface area (Å²) in [5.74, 6) is 0. The molecule has 2 aromatic rings. The minimum absolute atomic E-state index is 0. The Balaban J connectivity index is -0.000000107. The maximum absolute atomic E-state index is 2.12. The molecule has 0 amide bonds. The van der Waals surface area contributed by atoms with E-state index < -0.39 is 0 Å². The summed E-state index contributed by atoms with van der Waals surface area (Å²) in [6, 6.07) is 16.7. The summed E-state index contributed by atoms with van der Waals surface area (Å²) in [5.41, 5.74) is 5.47. The van der Waals surface area contributed by atoms with E-state index in [0.717, 1.165) is 0 Å². The Labute approximate surface area is 141 Å². The van der Waals surface area contributed by atoms with Crippen LogP contribution >= 0.6 is 0 Å². The number of benzene rings is 2. The Kier molecular flexibility index (Phi) is 20.0. The second-order valence-corrected chi connectivity index (χ2v) is 4.17. The van der Waals surface area contributed by atoms with Crippen LogP contribution in [0.4, 0.5) is 0 Å². The van der Waals surface area contributed by atoms with Crippen molar-refractivity contribution in [2.75, 3.05) is 0 Å². The van der Waals surface area contributed by atoms with Crippen molar-refractivity contribution in [3.8, 4) is 0 Å². The number of aryl methyl sites for hydroxylation is 4. The second kappa shape index (κ2) is 14.5. The topological polar surface area (TPSA) is 0 Å². The molecule has 1 heteroatoms. The van der Waals surface area contributed by atoms with Gasteiger partial charge >= 0.3 is 21.1 Å². The van der Waals surface area contributed by atoms with Gasteiger partial charge in [-0.1, -0.05) is 56.0 Å². The summed E-state index contributed by atoms with van der Waals surface area (Å²) in [5, 5.41) is 0. The third-order valence-electron chi connectivity index (χ3n) is 2.85. The van der Waals surface area contributed by atoms with E-state index in [4.69, 9.17) is 0 Å². The first-order chi connectivity index (χ1) is 7.61.